The third kappa shape index (κ3) is 3.35. The zero-order valence-electron chi connectivity index (χ0n) is 17.6. The highest BCUT2D eigenvalue weighted by molar-refractivity contribution is 6.67. The van der Waals surface area contributed by atoms with Gasteiger partial charge in [0.2, 0.25) is 0 Å². The van der Waals surface area contributed by atoms with Crippen LogP contribution >= 0.6 is 0 Å². The maximum Gasteiger partial charge on any atom is 0.121 e. The van der Waals surface area contributed by atoms with E-state index in [1.165, 1.54) is 49.0 Å². The Bertz CT molecular complexity index is 1480. The SMILES string of the molecule is c1ccc(-c2ccc([Si]c3cccc(-n4c5ccccc5c5ccccc54)c3)cc2)cc1. The minimum atomic E-state index is 0.622. The van der Waals surface area contributed by atoms with Crippen molar-refractivity contribution in [2.24, 2.45) is 0 Å². The molecule has 0 N–H and O–H groups in total. The molecule has 0 atom stereocenters. The molecule has 1 nitrogen and oxygen atoms in total. The van der Waals surface area contributed by atoms with Crippen LogP contribution in [0.3, 0.4) is 0 Å². The van der Waals surface area contributed by atoms with Crippen LogP contribution in [0.5, 0.6) is 0 Å². The van der Waals surface area contributed by atoms with Gasteiger partial charge in [-0.15, -0.1) is 0 Å². The molecule has 0 aliphatic rings. The van der Waals surface area contributed by atoms with Crippen LogP contribution < -0.4 is 10.4 Å². The monoisotopic (exact) mass is 423 g/mol. The summed E-state index contributed by atoms with van der Waals surface area (Å²) in [4.78, 5) is 0. The number of aromatic nitrogens is 1. The molecule has 0 unspecified atom stereocenters. The molecule has 0 spiro atoms. The summed E-state index contributed by atoms with van der Waals surface area (Å²) >= 11 is 0. The van der Waals surface area contributed by atoms with E-state index in [1.807, 2.05) is 0 Å². The van der Waals surface area contributed by atoms with Gasteiger partial charge in [0.15, 0.2) is 0 Å². The van der Waals surface area contributed by atoms with Gasteiger partial charge >= 0.3 is 0 Å². The molecule has 6 aromatic rings. The topological polar surface area (TPSA) is 4.93 Å². The van der Waals surface area contributed by atoms with E-state index in [1.54, 1.807) is 0 Å². The van der Waals surface area contributed by atoms with Crippen LogP contribution in [0.2, 0.25) is 0 Å². The van der Waals surface area contributed by atoms with Crippen molar-refractivity contribution in [3.63, 3.8) is 0 Å². The molecule has 0 aliphatic carbocycles. The number of para-hydroxylation sites is 2. The van der Waals surface area contributed by atoms with E-state index in [-0.39, 0.29) is 0 Å². The van der Waals surface area contributed by atoms with Crippen LogP contribution in [0, 0.1) is 0 Å². The smallest absolute Gasteiger partial charge is 0.121 e. The standard InChI is InChI=1S/C30H21NSi/c1-2-9-22(10-3-1)23-17-19-25(20-18-23)32-26-12-8-11-24(21-26)31-29-15-6-4-13-27(29)28-14-5-7-16-30(28)31/h1-21H. The van der Waals surface area contributed by atoms with Crippen LogP contribution in [-0.4, -0.2) is 14.1 Å². The molecule has 2 radical (unpaired) electrons. The lowest BCUT2D eigenvalue weighted by Crippen LogP contribution is -2.27. The Kier molecular flexibility index (Phi) is 4.71. The molecule has 1 aromatic heterocycles. The first-order valence-electron chi connectivity index (χ1n) is 10.9. The third-order valence-corrected chi connectivity index (χ3v) is 7.19. The van der Waals surface area contributed by atoms with Crippen molar-refractivity contribution in [2.45, 2.75) is 0 Å². The summed E-state index contributed by atoms with van der Waals surface area (Å²) in [6.07, 6.45) is 0. The van der Waals surface area contributed by atoms with Gasteiger partial charge in [0.25, 0.3) is 0 Å². The summed E-state index contributed by atoms with van der Waals surface area (Å²) in [6, 6.07) is 45.8. The summed E-state index contributed by atoms with van der Waals surface area (Å²) < 4.78 is 2.39. The van der Waals surface area contributed by atoms with Gasteiger partial charge in [-0.3, -0.25) is 0 Å². The Morgan fingerprint density at radius 2 is 1.03 bits per heavy atom. The molecule has 0 aliphatic heterocycles. The first-order valence-corrected chi connectivity index (χ1v) is 11.9. The van der Waals surface area contributed by atoms with Gasteiger partial charge in [0.05, 0.1) is 11.0 Å². The Morgan fingerprint density at radius 1 is 0.438 bits per heavy atom. The predicted molar refractivity (Wildman–Crippen MR) is 138 cm³/mol. The van der Waals surface area contributed by atoms with Gasteiger partial charge in [-0.25, -0.2) is 0 Å². The lowest BCUT2D eigenvalue weighted by atomic mass is 10.1. The van der Waals surface area contributed by atoms with E-state index in [2.05, 4.69) is 132 Å². The zero-order valence-corrected chi connectivity index (χ0v) is 18.6. The summed E-state index contributed by atoms with van der Waals surface area (Å²) in [6.45, 7) is 0. The zero-order chi connectivity index (χ0) is 21.3. The van der Waals surface area contributed by atoms with E-state index in [4.69, 9.17) is 0 Å². The van der Waals surface area contributed by atoms with Crippen molar-refractivity contribution in [2.75, 3.05) is 0 Å². The van der Waals surface area contributed by atoms with Gasteiger partial charge in [-0.05, 0) is 35.4 Å². The predicted octanol–water partition coefficient (Wildman–Crippen LogP) is 6.11. The molecule has 2 heteroatoms. The van der Waals surface area contributed by atoms with Gasteiger partial charge < -0.3 is 4.57 Å². The maximum absolute atomic E-state index is 2.39. The van der Waals surface area contributed by atoms with Gasteiger partial charge in [-0.2, -0.15) is 0 Å². The number of hydrogen-bond donors (Lipinski definition) is 0. The fourth-order valence-corrected chi connectivity index (χ4v) is 5.53. The van der Waals surface area contributed by atoms with Crippen molar-refractivity contribution >= 4 is 41.7 Å². The Morgan fingerprint density at radius 3 is 1.72 bits per heavy atom. The van der Waals surface area contributed by atoms with Crippen molar-refractivity contribution in [3.8, 4) is 16.8 Å². The minimum absolute atomic E-state index is 0.622. The Labute approximate surface area is 190 Å². The molecule has 1 heterocycles. The molecule has 0 saturated heterocycles. The Hall–Kier alpha value is -3.88. The van der Waals surface area contributed by atoms with Crippen LogP contribution in [0.25, 0.3) is 38.6 Å². The Balaban J connectivity index is 1.37. The normalized spacial score (nSPS) is 11.2. The average molecular weight is 424 g/mol. The number of fused-ring (bicyclic) bond motifs is 3. The molecule has 0 saturated carbocycles. The first-order chi connectivity index (χ1) is 15.9. The van der Waals surface area contributed by atoms with Crippen molar-refractivity contribution in [1.29, 1.82) is 0 Å². The summed E-state index contributed by atoms with van der Waals surface area (Å²) in [7, 11) is 0.622. The first kappa shape index (κ1) is 18.9. The van der Waals surface area contributed by atoms with Gasteiger partial charge in [0.1, 0.15) is 9.52 Å². The van der Waals surface area contributed by atoms with Crippen LogP contribution in [0.4, 0.5) is 0 Å². The van der Waals surface area contributed by atoms with Crippen LogP contribution in [0.15, 0.2) is 127 Å². The van der Waals surface area contributed by atoms with E-state index in [0.717, 1.165) is 0 Å². The third-order valence-electron chi connectivity index (χ3n) is 5.97. The molecular formula is C30H21NSi. The lowest BCUT2D eigenvalue weighted by molar-refractivity contribution is 1.18. The minimum Gasteiger partial charge on any atom is -0.309 e. The summed E-state index contributed by atoms with van der Waals surface area (Å²) in [5.74, 6) is 0. The fourth-order valence-electron chi connectivity index (χ4n) is 4.47. The molecule has 32 heavy (non-hydrogen) atoms. The van der Waals surface area contributed by atoms with E-state index < -0.39 is 0 Å². The van der Waals surface area contributed by atoms with Crippen molar-refractivity contribution in [3.05, 3.63) is 127 Å². The van der Waals surface area contributed by atoms with Crippen LogP contribution in [0.1, 0.15) is 0 Å². The van der Waals surface area contributed by atoms with Gasteiger partial charge in [0, 0.05) is 16.5 Å². The number of benzene rings is 5. The fraction of sp³-hybridized carbons (Fsp3) is 0. The molecule has 150 valence electrons. The number of nitrogens with zero attached hydrogens (tertiary/aromatic N) is 1. The quantitative estimate of drug-likeness (QED) is 0.302. The van der Waals surface area contributed by atoms with Crippen molar-refractivity contribution < 1.29 is 0 Å². The van der Waals surface area contributed by atoms with Crippen LogP contribution in [-0.2, 0) is 0 Å². The number of hydrogen-bond acceptors (Lipinski definition) is 0. The molecule has 6 rings (SSSR count). The van der Waals surface area contributed by atoms with Gasteiger partial charge in [-0.1, -0.05) is 114 Å². The number of rotatable bonds is 4. The second kappa shape index (κ2) is 7.99. The second-order valence-electron chi connectivity index (χ2n) is 7.99. The summed E-state index contributed by atoms with van der Waals surface area (Å²) in [5.41, 5.74) is 6.24. The highest BCUT2D eigenvalue weighted by Gasteiger charge is 2.11. The average Bonchev–Trinajstić information content (AvgIpc) is 3.20. The van der Waals surface area contributed by atoms with E-state index >= 15 is 0 Å². The molecule has 0 bridgehead atoms. The molecule has 5 aromatic carbocycles. The van der Waals surface area contributed by atoms with E-state index in [9.17, 15) is 0 Å². The lowest BCUT2D eigenvalue weighted by Gasteiger charge is -2.10. The largest absolute Gasteiger partial charge is 0.309 e. The molecule has 0 fully saturated rings. The van der Waals surface area contributed by atoms with E-state index in [0.29, 0.717) is 9.52 Å². The van der Waals surface area contributed by atoms with Crippen molar-refractivity contribution in [1.82, 2.24) is 4.57 Å². The second-order valence-corrected chi connectivity index (χ2v) is 9.39. The molecule has 0 amide bonds. The molecular weight excluding hydrogens is 402 g/mol. The summed E-state index contributed by atoms with van der Waals surface area (Å²) in [5, 5.41) is 5.29. The highest BCUT2D eigenvalue weighted by Crippen LogP contribution is 2.31. The highest BCUT2D eigenvalue weighted by atomic mass is 28.2. The maximum atomic E-state index is 2.39.